The van der Waals surface area contributed by atoms with Crippen LogP contribution < -0.4 is 9.62 Å². The van der Waals surface area contributed by atoms with Crippen molar-refractivity contribution >= 4 is 50.8 Å². The molecule has 2 rings (SSSR count). The first kappa shape index (κ1) is 25.2. The van der Waals surface area contributed by atoms with E-state index >= 15 is 0 Å². The Bertz CT molecular complexity index is 1120. The van der Waals surface area contributed by atoms with Crippen LogP contribution in [-0.4, -0.2) is 64.6 Å². The normalized spacial score (nSPS) is 10.9. The number of anilines is 2. The van der Waals surface area contributed by atoms with E-state index in [-0.39, 0.29) is 34.5 Å². The van der Waals surface area contributed by atoms with Crippen LogP contribution in [0.25, 0.3) is 0 Å². The Hall–Kier alpha value is -3.11. The van der Waals surface area contributed by atoms with E-state index in [9.17, 15) is 22.8 Å². The van der Waals surface area contributed by atoms with Crippen molar-refractivity contribution in [1.29, 1.82) is 0 Å². The van der Waals surface area contributed by atoms with E-state index < -0.39 is 28.4 Å². The number of halogens is 1. The van der Waals surface area contributed by atoms with Crippen molar-refractivity contribution in [2.45, 2.75) is 6.92 Å². The first-order valence-corrected chi connectivity index (χ1v) is 11.7. The lowest BCUT2D eigenvalue weighted by atomic mass is 10.2. The van der Waals surface area contributed by atoms with Crippen molar-refractivity contribution in [2.24, 2.45) is 0 Å². The van der Waals surface area contributed by atoms with E-state index in [4.69, 9.17) is 16.3 Å². The number of benzene rings is 2. The second kappa shape index (κ2) is 10.5. The molecule has 0 atom stereocenters. The molecule has 0 heterocycles. The average molecular weight is 482 g/mol. The van der Waals surface area contributed by atoms with Crippen LogP contribution in [0.3, 0.4) is 0 Å². The minimum absolute atomic E-state index is 0.0985. The topological polar surface area (TPSA) is 113 Å². The van der Waals surface area contributed by atoms with Crippen LogP contribution in [0.4, 0.5) is 11.4 Å². The maximum atomic E-state index is 12.6. The Kier molecular flexibility index (Phi) is 8.23. The first-order valence-electron chi connectivity index (χ1n) is 9.50. The molecule has 1 N–H and O–H groups in total. The molecule has 0 unspecified atom stereocenters. The second-order valence-electron chi connectivity index (χ2n) is 6.98. The zero-order valence-electron chi connectivity index (χ0n) is 18.1. The zero-order valence-corrected chi connectivity index (χ0v) is 19.7. The van der Waals surface area contributed by atoms with Gasteiger partial charge in [0.25, 0.3) is 5.91 Å². The number of carbonyl (C=O) groups excluding carboxylic acids is 3. The monoisotopic (exact) mass is 481 g/mol. The number of nitrogens with zero attached hydrogens (tertiary/aromatic N) is 2. The third-order valence-corrected chi connectivity index (χ3v) is 5.70. The van der Waals surface area contributed by atoms with Gasteiger partial charge in [-0.3, -0.25) is 13.9 Å². The fourth-order valence-corrected chi connectivity index (χ4v) is 3.79. The third-order valence-electron chi connectivity index (χ3n) is 4.25. The van der Waals surface area contributed by atoms with Crippen LogP contribution in [0.5, 0.6) is 0 Å². The van der Waals surface area contributed by atoms with Crippen LogP contribution in [0.2, 0.25) is 5.02 Å². The van der Waals surface area contributed by atoms with Gasteiger partial charge in [-0.15, -0.1) is 0 Å². The molecule has 2 aromatic rings. The van der Waals surface area contributed by atoms with Gasteiger partial charge in [-0.2, -0.15) is 0 Å². The summed E-state index contributed by atoms with van der Waals surface area (Å²) in [5.74, 6) is -1.43. The van der Waals surface area contributed by atoms with Crippen LogP contribution in [0.1, 0.15) is 27.6 Å². The summed E-state index contributed by atoms with van der Waals surface area (Å²) in [4.78, 5) is 37.8. The number of rotatable bonds is 8. The number of hydrogen-bond donors (Lipinski definition) is 1. The summed E-state index contributed by atoms with van der Waals surface area (Å²) < 4.78 is 30.4. The van der Waals surface area contributed by atoms with Crippen LogP contribution in [0, 0.1) is 0 Å². The molecule has 32 heavy (non-hydrogen) atoms. The maximum Gasteiger partial charge on any atom is 0.338 e. The van der Waals surface area contributed by atoms with Gasteiger partial charge in [-0.25, -0.2) is 13.2 Å². The van der Waals surface area contributed by atoms with E-state index in [1.807, 2.05) is 0 Å². The van der Waals surface area contributed by atoms with Crippen LogP contribution >= 0.6 is 11.6 Å². The highest BCUT2D eigenvalue weighted by Crippen LogP contribution is 2.24. The number of hydrogen-bond acceptors (Lipinski definition) is 6. The molecule has 2 amide bonds. The molecule has 0 aliphatic heterocycles. The standard InChI is InChI=1S/C21H24ClN3O6S/c1-5-31-21(28)15-8-11-18(17(22)12-15)23-19(26)13-25(32(4,29)30)16-9-6-14(7-10-16)20(27)24(2)3/h6-12H,5,13H2,1-4H3,(H,23,26). The predicted molar refractivity (Wildman–Crippen MR) is 123 cm³/mol. The molecule has 2 aromatic carbocycles. The number of esters is 1. The lowest BCUT2D eigenvalue weighted by Gasteiger charge is -2.22. The van der Waals surface area contributed by atoms with E-state index in [2.05, 4.69) is 5.32 Å². The van der Waals surface area contributed by atoms with Crippen molar-refractivity contribution in [1.82, 2.24) is 4.90 Å². The summed E-state index contributed by atoms with van der Waals surface area (Å²) in [5.41, 5.74) is 1.04. The van der Waals surface area contributed by atoms with Gasteiger partial charge in [0.1, 0.15) is 6.54 Å². The van der Waals surface area contributed by atoms with Gasteiger partial charge < -0.3 is 15.0 Å². The predicted octanol–water partition coefficient (Wildman–Crippen LogP) is 2.62. The van der Waals surface area contributed by atoms with Crippen molar-refractivity contribution in [2.75, 3.05) is 43.1 Å². The number of sulfonamides is 1. The summed E-state index contributed by atoms with van der Waals surface area (Å²) >= 11 is 6.14. The number of carbonyl (C=O) groups is 3. The number of nitrogens with one attached hydrogen (secondary N) is 1. The highest BCUT2D eigenvalue weighted by molar-refractivity contribution is 7.92. The summed E-state index contributed by atoms with van der Waals surface area (Å²) in [6.45, 7) is 1.37. The summed E-state index contributed by atoms with van der Waals surface area (Å²) in [5, 5.41) is 2.63. The van der Waals surface area contributed by atoms with E-state index in [1.165, 1.54) is 47.4 Å². The molecule has 0 aromatic heterocycles. The van der Waals surface area contributed by atoms with Crippen molar-refractivity contribution in [3.63, 3.8) is 0 Å². The summed E-state index contributed by atoms with van der Waals surface area (Å²) in [7, 11) is -0.596. The van der Waals surface area contributed by atoms with E-state index in [1.54, 1.807) is 21.0 Å². The lowest BCUT2D eigenvalue weighted by molar-refractivity contribution is -0.114. The van der Waals surface area contributed by atoms with Gasteiger partial charge in [-0.1, -0.05) is 11.6 Å². The van der Waals surface area contributed by atoms with Crippen LogP contribution in [0.15, 0.2) is 42.5 Å². The van der Waals surface area contributed by atoms with Gasteiger partial charge in [0.05, 0.1) is 34.8 Å². The van der Waals surface area contributed by atoms with Gasteiger partial charge in [0, 0.05) is 19.7 Å². The smallest absolute Gasteiger partial charge is 0.338 e. The van der Waals surface area contributed by atoms with Crippen LogP contribution in [-0.2, 0) is 19.6 Å². The van der Waals surface area contributed by atoms with Gasteiger partial charge in [-0.05, 0) is 49.4 Å². The molecule has 0 saturated carbocycles. The summed E-state index contributed by atoms with van der Waals surface area (Å²) in [6.07, 6.45) is 0.972. The Morgan fingerprint density at radius 1 is 1.03 bits per heavy atom. The molecule has 0 saturated heterocycles. The molecule has 9 nitrogen and oxygen atoms in total. The zero-order chi connectivity index (χ0) is 24.1. The van der Waals surface area contributed by atoms with Gasteiger partial charge in [0.15, 0.2) is 0 Å². The molecule has 0 aliphatic carbocycles. The average Bonchev–Trinajstić information content (AvgIpc) is 2.72. The van der Waals surface area contributed by atoms with Gasteiger partial charge >= 0.3 is 5.97 Å². The molecule has 0 fully saturated rings. The molecule has 0 aliphatic rings. The van der Waals surface area contributed by atoms with Crippen molar-refractivity contribution in [3.05, 3.63) is 58.6 Å². The molecule has 0 bridgehead atoms. The molecular weight excluding hydrogens is 458 g/mol. The molecule has 0 radical (unpaired) electrons. The highest BCUT2D eigenvalue weighted by atomic mass is 35.5. The highest BCUT2D eigenvalue weighted by Gasteiger charge is 2.22. The number of amides is 2. The molecule has 0 spiro atoms. The van der Waals surface area contributed by atoms with Crippen molar-refractivity contribution in [3.8, 4) is 0 Å². The number of ether oxygens (including phenoxy) is 1. The SMILES string of the molecule is CCOC(=O)c1ccc(NC(=O)CN(c2ccc(C(=O)N(C)C)cc2)S(C)(=O)=O)c(Cl)c1. The van der Waals surface area contributed by atoms with E-state index in [0.29, 0.717) is 5.56 Å². The fourth-order valence-electron chi connectivity index (χ4n) is 2.71. The van der Waals surface area contributed by atoms with Gasteiger partial charge in [0.2, 0.25) is 15.9 Å². The Balaban J connectivity index is 2.19. The fraction of sp³-hybridized carbons (Fsp3) is 0.286. The largest absolute Gasteiger partial charge is 0.462 e. The summed E-state index contributed by atoms with van der Waals surface area (Å²) in [6, 6.07) is 10.1. The second-order valence-corrected chi connectivity index (χ2v) is 9.29. The Labute approximate surface area is 192 Å². The third kappa shape index (κ3) is 6.44. The maximum absolute atomic E-state index is 12.6. The van der Waals surface area contributed by atoms with Crippen molar-refractivity contribution < 1.29 is 27.5 Å². The molecule has 172 valence electrons. The minimum atomic E-state index is -3.81. The van der Waals surface area contributed by atoms with E-state index in [0.717, 1.165) is 10.6 Å². The molecular formula is C21H24ClN3O6S. The quantitative estimate of drug-likeness (QED) is 0.580. The first-order chi connectivity index (χ1) is 14.9. The molecule has 11 heteroatoms. The minimum Gasteiger partial charge on any atom is -0.462 e. The Morgan fingerprint density at radius 2 is 1.62 bits per heavy atom. The Morgan fingerprint density at radius 3 is 2.12 bits per heavy atom. The lowest BCUT2D eigenvalue weighted by Crippen LogP contribution is -2.37.